The largest absolute Gasteiger partial charge is 0.389 e. The zero-order chi connectivity index (χ0) is 14.0. The van der Waals surface area contributed by atoms with E-state index in [1.165, 1.54) is 12.1 Å². The molecule has 0 saturated heterocycles. The second-order valence-electron chi connectivity index (χ2n) is 5.90. The normalized spacial score (nSPS) is 17.1. The van der Waals surface area contributed by atoms with E-state index in [0.29, 0.717) is 5.92 Å². The predicted molar refractivity (Wildman–Crippen MR) is 71.2 cm³/mol. The first-order valence-corrected chi connectivity index (χ1v) is 6.62. The van der Waals surface area contributed by atoms with Crippen LogP contribution >= 0.6 is 0 Å². The van der Waals surface area contributed by atoms with Crippen molar-refractivity contribution in [2.75, 3.05) is 6.54 Å². The Kier molecular flexibility index (Phi) is 3.90. The third-order valence-electron chi connectivity index (χ3n) is 3.30. The lowest BCUT2D eigenvalue weighted by Crippen LogP contribution is -2.40. The minimum atomic E-state index is -0.924. The maximum absolute atomic E-state index is 12.9. The highest BCUT2D eigenvalue weighted by molar-refractivity contribution is 5.84. The van der Waals surface area contributed by atoms with E-state index in [1.807, 2.05) is 0 Å². The summed E-state index contributed by atoms with van der Waals surface area (Å²) in [5, 5.41) is 12.4. The molecule has 0 radical (unpaired) electrons. The van der Waals surface area contributed by atoms with E-state index in [4.69, 9.17) is 0 Å². The highest BCUT2D eigenvalue weighted by Crippen LogP contribution is 2.42. The number of aliphatic hydroxyl groups is 1. The molecule has 1 unspecified atom stereocenters. The van der Waals surface area contributed by atoms with Crippen LogP contribution in [0.25, 0.3) is 0 Å². The molecule has 104 valence electrons. The Hall–Kier alpha value is -1.42. The first-order chi connectivity index (χ1) is 8.87. The van der Waals surface area contributed by atoms with Crippen molar-refractivity contribution in [2.45, 2.75) is 38.2 Å². The fourth-order valence-corrected chi connectivity index (χ4v) is 2.15. The average Bonchev–Trinajstić information content (AvgIpc) is 3.13. The Labute approximate surface area is 112 Å². The number of hydrogen-bond acceptors (Lipinski definition) is 2. The molecule has 1 atom stereocenters. The quantitative estimate of drug-likeness (QED) is 0.857. The van der Waals surface area contributed by atoms with Crippen molar-refractivity contribution in [1.29, 1.82) is 0 Å². The van der Waals surface area contributed by atoms with Crippen LogP contribution in [0.4, 0.5) is 4.39 Å². The van der Waals surface area contributed by atoms with Gasteiger partial charge >= 0.3 is 0 Å². The van der Waals surface area contributed by atoms with Crippen LogP contribution < -0.4 is 5.32 Å². The van der Waals surface area contributed by atoms with Gasteiger partial charge in [-0.15, -0.1) is 0 Å². The number of halogens is 1. The van der Waals surface area contributed by atoms with Crippen LogP contribution in [0, 0.1) is 11.7 Å². The Morgan fingerprint density at radius 3 is 2.47 bits per heavy atom. The maximum Gasteiger partial charge on any atom is 0.227 e. The summed E-state index contributed by atoms with van der Waals surface area (Å²) >= 11 is 0. The zero-order valence-electron chi connectivity index (χ0n) is 11.3. The van der Waals surface area contributed by atoms with E-state index >= 15 is 0 Å². The van der Waals surface area contributed by atoms with E-state index in [-0.39, 0.29) is 24.2 Å². The average molecular weight is 265 g/mol. The van der Waals surface area contributed by atoms with E-state index in [1.54, 1.807) is 26.0 Å². The minimum absolute atomic E-state index is 0.0868. The number of nitrogens with one attached hydrogen (secondary N) is 1. The molecule has 2 rings (SSSR count). The first kappa shape index (κ1) is 14.0. The molecule has 0 bridgehead atoms. The summed E-state index contributed by atoms with van der Waals surface area (Å²) in [5.74, 6) is -0.276. The number of carbonyl (C=O) groups is 1. The van der Waals surface area contributed by atoms with Crippen molar-refractivity contribution in [3.63, 3.8) is 0 Å². The molecule has 19 heavy (non-hydrogen) atoms. The maximum atomic E-state index is 12.9. The molecule has 2 N–H and O–H groups in total. The lowest BCUT2D eigenvalue weighted by Gasteiger charge is -2.21. The van der Waals surface area contributed by atoms with Gasteiger partial charge in [0, 0.05) is 6.54 Å². The van der Waals surface area contributed by atoms with E-state index in [9.17, 15) is 14.3 Å². The van der Waals surface area contributed by atoms with E-state index in [0.717, 1.165) is 18.4 Å². The summed E-state index contributed by atoms with van der Waals surface area (Å²) < 4.78 is 12.9. The topological polar surface area (TPSA) is 49.3 Å². The number of carbonyl (C=O) groups excluding carboxylic acids is 1. The second-order valence-corrected chi connectivity index (χ2v) is 5.90. The molecule has 1 aromatic rings. The lowest BCUT2D eigenvalue weighted by molar-refractivity contribution is -0.124. The number of amides is 1. The highest BCUT2D eigenvalue weighted by atomic mass is 19.1. The Bertz CT molecular complexity index is 446. The first-order valence-electron chi connectivity index (χ1n) is 6.62. The number of hydrogen-bond donors (Lipinski definition) is 2. The van der Waals surface area contributed by atoms with Crippen molar-refractivity contribution in [2.24, 2.45) is 5.92 Å². The van der Waals surface area contributed by atoms with Crippen molar-refractivity contribution >= 4 is 5.91 Å². The van der Waals surface area contributed by atoms with Crippen LogP contribution in [-0.2, 0) is 4.79 Å². The van der Waals surface area contributed by atoms with Gasteiger partial charge in [0.1, 0.15) is 5.82 Å². The van der Waals surface area contributed by atoms with Gasteiger partial charge in [0.2, 0.25) is 5.91 Å². The van der Waals surface area contributed by atoms with Crippen LogP contribution in [-0.4, -0.2) is 23.2 Å². The molecule has 1 aliphatic rings. The Morgan fingerprint density at radius 1 is 1.42 bits per heavy atom. The van der Waals surface area contributed by atoms with Gasteiger partial charge < -0.3 is 10.4 Å². The van der Waals surface area contributed by atoms with Gasteiger partial charge in [0.15, 0.2) is 0 Å². The van der Waals surface area contributed by atoms with Gasteiger partial charge in [-0.1, -0.05) is 12.1 Å². The highest BCUT2D eigenvalue weighted by Gasteiger charge is 2.37. The smallest absolute Gasteiger partial charge is 0.227 e. The molecule has 4 heteroatoms. The molecule has 1 fully saturated rings. The molecule has 0 aromatic heterocycles. The fourth-order valence-electron chi connectivity index (χ4n) is 2.15. The molecule has 1 aliphatic carbocycles. The van der Waals surface area contributed by atoms with Crippen LogP contribution in [0.2, 0.25) is 0 Å². The third kappa shape index (κ3) is 4.03. The summed E-state index contributed by atoms with van der Waals surface area (Å²) in [4.78, 5) is 12.2. The van der Waals surface area contributed by atoms with Gasteiger partial charge in [-0.2, -0.15) is 0 Å². The van der Waals surface area contributed by atoms with Crippen LogP contribution in [0.1, 0.15) is 38.2 Å². The molecular formula is C15H20FNO2. The minimum Gasteiger partial charge on any atom is -0.389 e. The van der Waals surface area contributed by atoms with Gasteiger partial charge in [-0.25, -0.2) is 4.39 Å². The second kappa shape index (κ2) is 5.29. The summed E-state index contributed by atoms with van der Waals surface area (Å²) in [7, 11) is 0. The summed E-state index contributed by atoms with van der Waals surface area (Å²) in [6, 6.07) is 6.10. The molecule has 0 heterocycles. The van der Waals surface area contributed by atoms with Crippen LogP contribution in [0.15, 0.2) is 24.3 Å². The SMILES string of the molecule is CC(C)(O)CNC(=O)C(c1ccc(F)cc1)C1CC1. The Morgan fingerprint density at radius 2 is 2.00 bits per heavy atom. The van der Waals surface area contributed by atoms with Gasteiger partial charge in [-0.3, -0.25) is 4.79 Å². The van der Waals surface area contributed by atoms with Crippen molar-refractivity contribution in [3.05, 3.63) is 35.6 Å². The summed E-state index contributed by atoms with van der Waals surface area (Å²) in [6.45, 7) is 3.52. The predicted octanol–water partition coefficient (Wildman–Crippen LogP) is 2.21. The molecular weight excluding hydrogens is 245 g/mol. The molecule has 1 saturated carbocycles. The van der Waals surface area contributed by atoms with Gasteiger partial charge in [0.25, 0.3) is 0 Å². The molecule has 0 aliphatic heterocycles. The summed E-state index contributed by atoms with van der Waals surface area (Å²) in [6.07, 6.45) is 2.05. The Balaban J connectivity index is 2.07. The van der Waals surface area contributed by atoms with E-state index in [2.05, 4.69) is 5.32 Å². The van der Waals surface area contributed by atoms with Crippen LogP contribution in [0.3, 0.4) is 0 Å². The number of benzene rings is 1. The molecule has 0 spiro atoms. The van der Waals surface area contributed by atoms with Gasteiger partial charge in [-0.05, 0) is 50.3 Å². The zero-order valence-corrected chi connectivity index (χ0v) is 11.3. The van der Waals surface area contributed by atoms with Crippen LogP contribution in [0.5, 0.6) is 0 Å². The number of rotatable bonds is 5. The lowest BCUT2D eigenvalue weighted by atomic mass is 9.93. The van der Waals surface area contributed by atoms with E-state index < -0.39 is 5.60 Å². The summed E-state index contributed by atoms with van der Waals surface area (Å²) in [5.41, 5.74) is -0.0795. The van der Waals surface area contributed by atoms with Crippen molar-refractivity contribution in [1.82, 2.24) is 5.32 Å². The third-order valence-corrected chi connectivity index (χ3v) is 3.30. The monoisotopic (exact) mass is 265 g/mol. The van der Waals surface area contributed by atoms with Crippen molar-refractivity contribution < 1.29 is 14.3 Å². The fraction of sp³-hybridized carbons (Fsp3) is 0.533. The standard InChI is InChI=1S/C15H20FNO2/c1-15(2,19)9-17-14(18)13(10-3-4-10)11-5-7-12(16)8-6-11/h5-8,10,13,19H,3-4,9H2,1-2H3,(H,17,18). The molecule has 1 aromatic carbocycles. The molecule has 3 nitrogen and oxygen atoms in total. The van der Waals surface area contributed by atoms with Crippen molar-refractivity contribution in [3.8, 4) is 0 Å². The molecule has 1 amide bonds. The van der Waals surface area contributed by atoms with Gasteiger partial charge in [0.05, 0.1) is 11.5 Å².